The maximum atomic E-state index is 12.3. The highest BCUT2D eigenvalue weighted by molar-refractivity contribution is 7.99. The van der Waals surface area contributed by atoms with Crippen LogP contribution in [0.25, 0.3) is 5.69 Å². The van der Waals surface area contributed by atoms with Crippen LogP contribution in [-0.4, -0.2) is 40.0 Å². The molecular weight excluding hydrogens is 382 g/mol. The van der Waals surface area contributed by atoms with Gasteiger partial charge in [-0.05, 0) is 43.3 Å². The SMILES string of the molecule is CCN(C)c1cccc(NC(=O)CSc2nncn2-c2cccc(Cl)c2)c1. The van der Waals surface area contributed by atoms with Crippen molar-refractivity contribution in [1.29, 1.82) is 0 Å². The van der Waals surface area contributed by atoms with Crippen LogP contribution in [0.4, 0.5) is 11.4 Å². The predicted octanol–water partition coefficient (Wildman–Crippen LogP) is 4.11. The van der Waals surface area contributed by atoms with Crippen molar-refractivity contribution in [2.24, 2.45) is 0 Å². The van der Waals surface area contributed by atoms with Crippen molar-refractivity contribution in [1.82, 2.24) is 14.8 Å². The van der Waals surface area contributed by atoms with E-state index in [-0.39, 0.29) is 11.7 Å². The predicted molar refractivity (Wildman–Crippen MR) is 111 cm³/mol. The fourth-order valence-electron chi connectivity index (χ4n) is 2.46. The molecule has 3 rings (SSSR count). The molecule has 1 aromatic heterocycles. The van der Waals surface area contributed by atoms with Gasteiger partial charge in [0.15, 0.2) is 5.16 Å². The monoisotopic (exact) mass is 401 g/mol. The molecule has 1 amide bonds. The molecule has 0 aliphatic carbocycles. The summed E-state index contributed by atoms with van der Waals surface area (Å²) in [4.78, 5) is 14.4. The maximum absolute atomic E-state index is 12.3. The third-order valence-corrected chi connectivity index (χ3v) is 5.16. The number of anilines is 2. The van der Waals surface area contributed by atoms with E-state index in [2.05, 4.69) is 27.3 Å². The number of halogens is 1. The van der Waals surface area contributed by atoms with Gasteiger partial charge in [-0.1, -0.05) is 35.5 Å². The molecule has 0 spiro atoms. The van der Waals surface area contributed by atoms with E-state index in [0.29, 0.717) is 10.2 Å². The first kappa shape index (κ1) is 19.3. The lowest BCUT2D eigenvalue weighted by Crippen LogP contribution is -2.17. The normalized spacial score (nSPS) is 10.6. The van der Waals surface area contributed by atoms with Crippen molar-refractivity contribution >= 4 is 40.6 Å². The van der Waals surface area contributed by atoms with Crippen molar-refractivity contribution in [3.05, 3.63) is 59.9 Å². The number of nitrogens with zero attached hydrogens (tertiary/aromatic N) is 4. The maximum Gasteiger partial charge on any atom is 0.234 e. The molecule has 2 aromatic carbocycles. The number of amides is 1. The lowest BCUT2D eigenvalue weighted by Gasteiger charge is -2.17. The van der Waals surface area contributed by atoms with Crippen molar-refractivity contribution < 1.29 is 4.79 Å². The molecule has 0 aliphatic heterocycles. The smallest absolute Gasteiger partial charge is 0.234 e. The Labute approximate surface area is 167 Å². The van der Waals surface area contributed by atoms with Crippen molar-refractivity contribution in [2.45, 2.75) is 12.1 Å². The fraction of sp³-hybridized carbons (Fsp3) is 0.211. The van der Waals surface area contributed by atoms with Gasteiger partial charge in [-0.3, -0.25) is 9.36 Å². The third-order valence-electron chi connectivity index (χ3n) is 3.98. The summed E-state index contributed by atoms with van der Waals surface area (Å²) in [6, 6.07) is 15.2. The Morgan fingerprint density at radius 3 is 2.85 bits per heavy atom. The molecule has 0 aliphatic rings. The fourth-order valence-corrected chi connectivity index (χ4v) is 3.37. The minimum atomic E-state index is -0.100. The molecule has 27 heavy (non-hydrogen) atoms. The summed E-state index contributed by atoms with van der Waals surface area (Å²) >= 11 is 7.37. The van der Waals surface area contributed by atoms with Crippen LogP contribution in [-0.2, 0) is 4.79 Å². The number of aromatic nitrogens is 3. The molecule has 0 fully saturated rings. The van der Waals surface area contributed by atoms with Crippen LogP contribution < -0.4 is 10.2 Å². The highest BCUT2D eigenvalue weighted by atomic mass is 35.5. The Morgan fingerprint density at radius 2 is 2.07 bits per heavy atom. The zero-order valence-corrected chi connectivity index (χ0v) is 16.7. The van der Waals surface area contributed by atoms with Crippen LogP contribution in [0.1, 0.15) is 6.92 Å². The Balaban J connectivity index is 1.63. The van der Waals surface area contributed by atoms with Gasteiger partial charge >= 0.3 is 0 Å². The number of rotatable bonds is 7. The third kappa shape index (κ3) is 5.02. The molecule has 1 N–H and O–H groups in total. The molecule has 1 heterocycles. The molecular formula is C19H20ClN5OS. The Hall–Kier alpha value is -2.51. The largest absolute Gasteiger partial charge is 0.375 e. The van der Waals surface area contributed by atoms with Gasteiger partial charge in [-0.2, -0.15) is 0 Å². The topological polar surface area (TPSA) is 63.1 Å². The molecule has 0 saturated heterocycles. The van der Waals surface area contributed by atoms with E-state index < -0.39 is 0 Å². The van der Waals surface area contributed by atoms with Crippen LogP contribution in [0, 0.1) is 0 Å². The Bertz CT molecular complexity index is 930. The number of carbonyl (C=O) groups excluding carboxylic acids is 1. The average Bonchev–Trinajstić information content (AvgIpc) is 3.14. The summed E-state index contributed by atoms with van der Waals surface area (Å²) in [7, 11) is 2.01. The summed E-state index contributed by atoms with van der Waals surface area (Å²) in [6.07, 6.45) is 1.61. The van der Waals surface area contributed by atoms with Gasteiger partial charge in [0.2, 0.25) is 5.91 Å². The van der Waals surface area contributed by atoms with Crippen LogP contribution in [0.15, 0.2) is 60.0 Å². The highest BCUT2D eigenvalue weighted by Crippen LogP contribution is 2.22. The Morgan fingerprint density at radius 1 is 1.26 bits per heavy atom. The highest BCUT2D eigenvalue weighted by Gasteiger charge is 2.11. The Kier molecular flexibility index (Phi) is 6.36. The second-order valence-corrected chi connectivity index (χ2v) is 7.24. The quantitative estimate of drug-likeness (QED) is 0.603. The zero-order chi connectivity index (χ0) is 19.2. The van der Waals surface area contributed by atoms with Gasteiger partial charge in [-0.25, -0.2) is 0 Å². The summed E-state index contributed by atoms with van der Waals surface area (Å²) in [5, 5.41) is 12.2. The first-order valence-electron chi connectivity index (χ1n) is 8.46. The standard InChI is InChI=1S/C19H20ClN5OS/c1-3-24(2)16-8-5-7-15(11-16)22-18(26)12-27-19-23-21-13-25(19)17-9-4-6-14(20)10-17/h4-11,13H,3,12H2,1-2H3,(H,22,26). The first-order valence-corrected chi connectivity index (χ1v) is 9.83. The van der Waals surface area contributed by atoms with Gasteiger partial charge in [0, 0.05) is 30.0 Å². The van der Waals surface area contributed by atoms with E-state index in [0.717, 1.165) is 23.6 Å². The minimum absolute atomic E-state index is 0.100. The van der Waals surface area contributed by atoms with Crippen molar-refractivity contribution in [2.75, 3.05) is 29.6 Å². The van der Waals surface area contributed by atoms with Crippen molar-refractivity contribution in [3.63, 3.8) is 0 Å². The lowest BCUT2D eigenvalue weighted by atomic mass is 10.2. The zero-order valence-electron chi connectivity index (χ0n) is 15.1. The van der Waals surface area contributed by atoms with Crippen LogP contribution in [0.2, 0.25) is 5.02 Å². The first-order chi connectivity index (χ1) is 13.1. The summed E-state index contributed by atoms with van der Waals surface area (Å²) in [6.45, 7) is 2.98. The molecule has 3 aromatic rings. The van der Waals surface area contributed by atoms with E-state index in [1.54, 1.807) is 17.0 Å². The number of carbonyl (C=O) groups is 1. The number of benzene rings is 2. The summed E-state index contributed by atoms with van der Waals surface area (Å²) in [5.41, 5.74) is 2.68. The van der Waals surface area contributed by atoms with Gasteiger partial charge in [-0.15, -0.1) is 10.2 Å². The van der Waals surface area contributed by atoms with Gasteiger partial charge in [0.25, 0.3) is 0 Å². The van der Waals surface area contributed by atoms with Crippen LogP contribution in [0.3, 0.4) is 0 Å². The summed E-state index contributed by atoms with van der Waals surface area (Å²) in [5.74, 6) is 0.129. The number of hydrogen-bond donors (Lipinski definition) is 1. The molecule has 8 heteroatoms. The molecule has 0 atom stereocenters. The summed E-state index contributed by atoms with van der Waals surface area (Å²) < 4.78 is 1.81. The van der Waals surface area contributed by atoms with Crippen LogP contribution in [0.5, 0.6) is 0 Å². The van der Waals surface area contributed by atoms with Gasteiger partial charge in [0.05, 0.1) is 11.4 Å². The molecule has 0 unspecified atom stereocenters. The van der Waals surface area contributed by atoms with E-state index in [4.69, 9.17) is 11.6 Å². The van der Waals surface area contributed by atoms with Gasteiger partial charge in [0.1, 0.15) is 6.33 Å². The average molecular weight is 402 g/mol. The molecule has 0 radical (unpaired) electrons. The molecule has 140 valence electrons. The lowest BCUT2D eigenvalue weighted by molar-refractivity contribution is -0.113. The van der Waals surface area contributed by atoms with Gasteiger partial charge < -0.3 is 10.2 Å². The number of nitrogens with one attached hydrogen (secondary N) is 1. The van der Waals surface area contributed by atoms with E-state index in [1.165, 1.54) is 11.8 Å². The second kappa shape index (κ2) is 8.92. The van der Waals surface area contributed by atoms with Crippen LogP contribution >= 0.6 is 23.4 Å². The molecule has 6 nitrogen and oxygen atoms in total. The molecule has 0 bridgehead atoms. The second-order valence-electron chi connectivity index (χ2n) is 5.86. The number of thioether (sulfide) groups is 1. The van der Waals surface area contributed by atoms with E-state index >= 15 is 0 Å². The van der Waals surface area contributed by atoms with E-state index in [9.17, 15) is 4.79 Å². The van der Waals surface area contributed by atoms with Crippen molar-refractivity contribution in [3.8, 4) is 5.69 Å². The van der Waals surface area contributed by atoms with E-state index in [1.807, 2.05) is 49.5 Å². The molecule has 0 saturated carbocycles. The number of hydrogen-bond acceptors (Lipinski definition) is 5. The minimum Gasteiger partial charge on any atom is -0.375 e.